The molecular weight excluding hydrogens is 378 g/mol. The summed E-state index contributed by atoms with van der Waals surface area (Å²) in [5.41, 5.74) is 3.11. The highest BCUT2D eigenvalue weighted by Gasteiger charge is 2.23. The number of guanidine groups is 1. The number of aryl methyl sites for hydroxylation is 1. The zero-order valence-electron chi connectivity index (χ0n) is 17.9. The van der Waals surface area contributed by atoms with E-state index in [1.165, 1.54) is 11.3 Å². The molecule has 3 N–H and O–H groups in total. The van der Waals surface area contributed by atoms with Crippen LogP contribution in [0.25, 0.3) is 0 Å². The van der Waals surface area contributed by atoms with Gasteiger partial charge in [-0.15, -0.1) is 0 Å². The molecule has 1 amide bonds. The number of methoxy groups -OCH3 is 1. The lowest BCUT2D eigenvalue weighted by molar-refractivity contribution is 0.0954. The molecular formula is C23H31N5O2. The van der Waals surface area contributed by atoms with Crippen LogP contribution in [0.1, 0.15) is 22.3 Å². The molecule has 160 valence electrons. The average molecular weight is 410 g/mol. The third-order valence-electron chi connectivity index (χ3n) is 5.19. The minimum absolute atomic E-state index is 0.122. The van der Waals surface area contributed by atoms with E-state index in [-0.39, 0.29) is 5.91 Å². The van der Waals surface area contributed by atoms with Crippen LogP contribution in [-0.2, 0) is 0 Å². The molecule has 0 bridgehead atoms. The van der Waals surface area contributed by atoms with Crippen molar-refractivity contribution >= 4 is 17.6 Å². The first-order chi connectivity index (χ1) is 14.6. The van der Waals surface area contributed by atoms with Gasteiger partial charge in [0, 0.05) is 50.5 Å². The third-order valence-corrected chi connectivity index (χ3v) is 5.19. The van der Waals surface area contributed by atoms with Crippen molar-refractivity contribution in [1.29, 1.82) is 0 Å². The number of hydrogen-bond donors (Lipinski definition) is 3. The summed E-state index contributed by atoms with van der Waals surface area (Å²) >= 11 is 0. The normalized spacial score (nSPS) is 16.3. The molecule has 30 heavy (non-hydrogen) atoms. The summed E-state index contributed by atoms with van der Waals surface area (Å²) in [5, 5.41) is 9.66. The SMILES string of the molecule is CN=C(NCCNC(=O)c1cccc(OC)c1)NC1CCN(c2ccc(C)cc2)C1. The van der Waals surface area contributed by atoms with E-state index in [1.807, 2.05) is 6.07 Å². The minimum Gasteiger partial charge on any atom is -0.497 e. The van der Waals surface area contributed by atoms with Gasteiger partial charge in [-0.05, 0) is 43.7 Å². The molecule has 0 aliphatic carbocycles. The first-order valence-electron chi connectivity index (χ1n) is 10.3. The van der Waals surface area contributed by atoms with Crippen LogP contribution in [0, 0.1) is 6.92 Å². The van der Waals surface area contributed by atoms with E-state index >= 15 is 0 Å². The van der Waals surface area contributed by atoms with Gasteiger partial charge in [0.1, 0.15) is 5.75 Å². The Morgan fingerprint density at radius 1 is 1.17 bits per heavy atom. The van der Waals surface area contributed by atoms with Crippen molar-refractivity contribution in [2.24, 2.45) is 4.99 Å². The highest BCUT2D eigenvalue weighted by molar-refractivity contribution is 5.94. The number of carbonyl (C=O) groups excluding carboxylic acids is 1. The number of benzene rings is 2. The standard InChI is InChI=1S/C23H31N5O2/c1-17-7-9-20(10-8-17)28-14-11-19(16-28)27-23(24-2)26-13-12-25-22(29)18-5-4-6-21(15-18)30-3/h4-10,15,19H,11-14,16H2,1-3H3,(H,25,29)(H2,24,26,27). The number of hydrogen-bond acceptors (Lipinski definition) is 4. The second-order valence-electron chi connectivity index (χ2n) is 7.40. The van der Waals surface area contributed by atoms with Crippen molar-refractivity contribution in [3.63, 3.8) is 0 Å². The number of rotatable bonds is 7. The monoisotopic (exact) mass is 409 g/mol. The Hall–Kier alpha value is -3.22. The van der Waals surface area contributed by atoms with Gasteiger partial charge < -0.3 is 25.6 Å². The van der Waals surface area contributed by atoms with Crippen molar-refractivity contribution < 1.29 is 9.53 Å². The van der Waals surface area contributed by atoms with E-state index in [2.05, 4.69) is 57.0 Å². The van der Waals surface area contributed by atoms with E-state index in [0.717, 1.165) is 25.5 Å². The van der Waals surface area contributed by atoms with Crippen LogP contribution in [0.15, 0.2) is 53.5 Å². The van der Waals surface area contributed by atoms with Crippen molar-refractivity contribution in [3.8, 4) is 5.75 Å². The summed E-state index contributed by atoms with van der Waals surface area (Å²) in [5.74, 6) is 1.30. The molecule has 0 saturated carbocycles. The molecule has 3 rings (SSSR count). The summed E-state index contributed by atoms with van der Waals surface area (Å²) in [4.78, 5) is 18.9. The Morgan fingerprint density at radius 3 is 2.67 bits per heavy atom. The molecule has 1 heterocycles. The predicted octanol–water partition coefficient (Wildman–Crippen LogP) is 2.18. The fourth-order valence-corrected chi connectivity index (χ4v) is 3.48. The Bertz CT molecular complexity index is 866. The lowest BCUT2D eigenvalue weighted by Gasteiger charge is -2.20. The molecule has 1 aliphatic heterocycles. The lowest BCUT2D eigenvalue weighted by atomic mass is 10.2. The van der Waals surface area contributed by atoms with Crippen LogP contribution >= 0.6 is 0 Å². The van der Waals surface area contributed by atoms with Crippen LogP contribution in [0.5, 0.6) is 5.75 Å². The largest absolute Gasteiger partial charge is 0.497 e. The molecule has 0 aromatic heterocycles. The second kappa shape index (κ2) is 10.5. The minimum atomic E-state index is -0.122. The van der Waals surface area contributed by atoms with E-state index < -0.39 is 0 Å². The fourth-order valence-electron chi connectivity index (χ4n) is 3.48. The number of aliphatic imine (C=N–C) groups is 1. The van der Waals surface area contributed by atoms with E-state index in [0.29, 0.717) is 30.4 Å². The van der Waals surface area contributed by atoms with Crippen LogP contribution in [0.2, 0.25) is 0 Å². The Balaban J connectivity index is 1.40. The van der Waals surface area contributed by atoms with Gasteiger partial charge in [-0.25, -0.2) is 0 Å². The third kappa shape index (κ3) is 5.89. The number of nitrogens with one attached hydrogen (secondary N) is 3. The molecule has 2 aromatic carbocycles. The van der Waals surface area contributed by atoms with Crippen molar-refractivity contribution in [3.05, 3.63) is 59.7 Å². The number of anilines is 1. The van der Waals surface area contributed by atoms with Gasteiger partial charge in [-0.3, -0.25) is 9.79 Å². The second-order valence-corrected chi connectivity index (χ2v) is 7.40. The van der Waals surface area contributed by atoms with Crippen LogP contribution < -0.4 is 25.6 Å². The summed E-state index contributed by atoms with van der Waals surface area (Å²) in [6, 6.07) is 16.1. The zero-order valence-corrected chi connectivity index (χ0v) is 17.9. The molecule has 1 unspecified atom stereocenters. The Labute approximate surface area is 178 Å². The first-order valence-corrected chi connectivity index (χ1v) is 10.3. The Morgan fingerprint density at radius 2 is 1.93 bits per heavy atom. The average Bonchev–Trinajstić information content (AvgIpc) is 3.24. The lowest BCUT2D eigenvalue weighted by Crippen LogP contribution is -2.46. The highest BCUT2D eigenvalue weighted by Crippen LogP contribution is 2.20. The topological polar surface area (TPSA) is 78.0 Å². The van der Waals surface area contributed by atoms with Crippen molar-refractivity contribution in [2.75, 3.05) is 45.2 Å². The van der Waals surface area contributed by atoms with Gasteiger partial charge in [0.05, 0.1) is 7.11 Å². The fraction of sp³-hybridized carbons (Fsp3) is 0.391. The molecule has 2 aromatic rings. The summed E-state index contributed by atoms with van der Waals surface area (Å²) in [7, 11) is 3.35. The van der Waals surface area contributed by atoms with Gasteiger partial charge in [0.15, 0.2) is 5.96 Å². The molecule has 1 aliphatic rings. The maximum atomic E-state index is 12.3. The number of carbonyl (C=O) groups is 1. The first kappa shape index (κ1) is 21.5. The molecule has 7 nitrogen and oxygen atoms in total. The molecule has 0 spiro atoms. The van der Waals surface area contributed by atoms with Crippen LogP contribution in [-0.4, -0.2) is 58.2 Å². The molecule has 7 heteroatoms. The molecule has 1 atom stereocenters. The van der Waals surface area contributed by atoms with Crippen molar-refractivity contribution in [1.82, 2.24) is 16.0 Å². The van der Waals surface area contributed by atoms with Crippen LogP contribution in [0.3, 0.4) is 0 Å². The van der Waals surface area contributed by atoms with Gasteiger partial charge >= 0.3 is 0 Å². The number of amides is 1. The maximum absolute atomic E-state index is 12.3. The van der Waals surface area contributed by atoms with Gasteiger partial charge in [-0.2, -0.15) is 0 Å². The van der Waals surface area contributed by atoms with E-state index in [4.69, 9.17) is 4.74 Å². The summed E-state index contributed by atoms with van der Waals surface area (Å²) < 4.78 is 5.16. The summed E-state index contributed by atoms with van der Waals surface area (Å²) in [6.45, 7) is 5.15. The van der Waals surface area contributed by atoms with E-state index in [9.17, 15) is 4.79 Å². The highest BCUT2D eigenvalue weighted by atomic mass is 16.5. The van der Waals surface area contributed by atoms with Crippen molar-refractivity contribution in [2.45, 2.75) is 19.4 Å². The van der Waals surface area contributed by atoms with Crippen LogP contribution in [0.4, 0.5) is 5.69 Å². The quantitative estimate of drug-likeness (QED) is 0.371. The van der Waals surface area contributed by atoms with Gasteiger partial charge in [0.25, 0.3) is 5.91 Å². The molecule has 0 radical (unpaired) electrons. The number of nitrogens with zero attached hydrogens (tertiary/aromatic N) is 2. The van der Waals surface area contributed by atoms with E-state index in [1.54, 1.807) is 32.4 Å². The molecule has 1 fully saturated rings. The zero-order chi connectivity index (χ0) is 21.3. The summed E-state index contributed by atoms with van der Waals surface area (Å²) in [6.07, 6.45) is 1.06. The number of ether oxygens (including phenoxy) is 1. The smallest absolute Gasteiger partial charge is 0.251 e. The maximum Gasteiger partial charge on any atom is 0.251 e. The van der Waals surface area contributed by atoms with Gasteiger partial charge in [0.2, 0.25) is 0 Å². The predicted molar refractivity (Wildman–Crippen MR) is 122 cm³/mol. The Kier molecular flexibility index (Phi) is 7.54. The van der Waals surface area contributed by atoms with Gasteiger partial charge in [-0.1, -0.05) is 23.8 Å². The molecule has 1 saturated heterocycles.